The van der Waals surface area contributed by atoms with E-state index in [1.807, 2.05) is 25.1 Å². The number of fused-ring (bicyclic) bond motifs is 3. The maximum absolute atomic E-state index is 12.7. The number of H-pyrrole nitrogens is 1. The molecule has 0 unspecified atom stereocenters. The summed E-state index contributed by atoms with van der Waals surface area (Å²) in [5, 5.41) is 12.1. The van der Waals surface area contributed by atoms with Gasteiger partial charge in [-0.15, -0.1) is 0 Å². The molecule has 0 atom stereocenters. The molecule has 0 fully saturated rings. The van der Waals surface area contributed by atoms with Gasteiger partial charge in [-0.2, -0.15) is 0 Å². The number of carbonyl (C=O) groups excluding carboxylic acids is 1. The van der Waals surface area contributed by atoms with Gasteiger partial charge in [0.2, 0.25) is 11.5 Å². The van der Waals surface area contributed by atoms with Gasteiger partial charge in [-0.3, -0.25) is 14.4 Å². The fourth-order valence-corrected chi connectivity index (χ4v) is 3.25. The second-order valence-electron chi connectivity index (χ2n) is 6.78. The number of rotatable bonds is 7. The first-order valence-electron chi connectivity index (χ1n) is 9.66. The molecular formula is C22H19N3O6. The van der Waals surface area contributed by atoms with Crippen LogP contribution >= 0.6 is 0 Å². The van der Waals surface area contributed by atoms with Crippen molar-refractivity contribution in [1.82, 2.24) is 9.97 Å². The molecular weight excluding hydrogens is 402 g/mol. The van der Waals surface area contributed by atoms with Gasteiger partial charge < -0.3 is 24.6 Å². The quantitative estimate of drug-likeness (QED) is 0.415. The van der Waals surface area contributed by atoms with E-state index in [-0.39, 0.29) is 24.2 Å². The largest absolute Gasteiger partial charge is 0.493 e. The van der Waals surface area contributed by atoms with Crippen LogP contribution < -0.4 is 15.6 Å². The molecule has 0 aliphatic carbocycles. The van der Waals surface area contributed by atoms with Gasteiger partial charge in [-0.05, 0) is 37.3 Å². The average molecular weight is 421 g/mol. The van der Waals surface area contributed by atoms with Crippen LogP contribution in [0.25, 0.3) is 33.5 Å². The van der Waals surface area contributed by atoms with Crippen LogP contribution in [0.2, 0.25) is 0 Å². The second-order valence-corrected chi connectivity index (χ2v) is 6.78. The summed E-state index contributed by atoms with van der Waals surface area (Å²) < 4.78 is 11.3. The van der Waals surface area contributed by atoms with Crippen molar-refractivity contribution < 1.29 is 23.8 Å². The number of anilines is 1. The lowest BCUT2D eigenvalue weighted by Gasteiger charge is -2.12. The van der Waals surface area contributed by atoms with E-state index in [4.69, 9.17) is 14.3 Å². The Morgan fingerprint density at radius 3 is 2.77 bits per heavy atom. The number of furan rings is 1. The predicted octanol–water partition coefficient (Wildman–Crippen LogP) is 3.54. The Balaban J connectivity index is 1.79. The highest BCUT2D eigenvalue weighted by molar-refractivity contribution is 6.02. The third kappa shape index (κ3) is 4.11. The highest BCUT2D eigenvalue weighted by Crippen LogP contribution is 2.32. The van der Waals surface area contributed by atoms with Crippen LogP contribution in [0.4, 0.5) is 5.69 Å². The topological polar surface area (TPSA) is 135 Å². The van der Waals surface area contributed by atoms with Crippen LogP contribution in [0.1, 0.15) is 19.8 Å². The van der Waals surface area contributed by atoms with Crippen molar-refractivity contribution in [3.63, 3.8) is 0 Å². The number of hydrogen-bond donors (Lipinski definition) is 3. The summed E-state index contributed by atoms with van der Waals surface area (Å²) in [5.74, 6) is -0.754. The summed E-state index contributed by atoms with van der Waals surface area (Å²) in [4.78, 5) is 42.7. The van der Waals surface area contributed by atoms with Crippen molar-refractivity contribution in [1.29, 1.82) is 0 Å². The Labute approximate surface area is 175 Å². The number of aliphatic carboxylic acids is 1. The molecule has 0 saturated heterocycles. The lowest BCUT2D eigenvalue weighted by atomic mass is 10.1. The molecule has 9 heteroatoms. The first-order chi connectivity index (χ1) is 15.0. The second kappa shape index (κ2) is 8.31. The van der Waals surface area contributed by atoms with Crippen LogP contribution in [0.3, 0.4) is 0 Å². The number of hydrogen-bond acceptors (Lipinski definition) is 6. The first-order valence-corrected chi connectivity index (χ1v) is 9.66. The molecule has 0 aliphatic heterocycles. The van der Waals surface area contributed by atoms with E-state index in [0.29, 0.717) is 40.1 Å². The lowest BCUT2D eigenvalue weighted by Crippen LogP contribution is -2.13. The number of nitrogens with zero attached hydrogens (tertiary/aromatic N) is 1. The molecule has 4 rings (SSSR count). The summed E-state index contributed by atoms with van der Waals surface area (Å²) in [6.45, 7) is 2.22. The smallest absolute Gasteiger partial charge is 0.303 e. The number of aromatic amines is 1. The Morgan fingerprint density at radius 2 is 2.00 bits per heavy atom. The fraction of sp³-hybridized carbons (Fsp3) is 0.182. The molecule has 2 aromatic heterocycles. The van der Waals surface area contributed by atoms with E-state index in [2.05, 4.69) is 15.3 Å². The molecule has 1 amide bonds. The zero-order valence-electron chi connectivity index (χ0n) is 16.6. The van der Waals surface area contributed by atoms with E-state index >= 15 is 0 Å². The van der Waals surface area contributed by atoms with E-state index in [1.165, 1.54) is 0 Å². The SMILES string of the molecule is CCOc1ccc(NC(=O)CCC(=O)O)cc1-c1nc2c(oc3ccccc32)c(=O)[nH]1. The summed E-state index contributed by atoms with van der Waals surface area (Å²) in [6.07, 6.45) is -0.422. The zero-order chi connectivity index (χ0) is 22.0. The minimum Gasteiger partial charge on any atom is -0.493 e. The third-order valence-electron chi connectivity index (χ3n) is 4.62. The average Bonchev–Trinajstić information content (AvgIpc) is 3.13. The molecule has 2 heterocycles. The summed E-state index contributed by atoms with van der Waals surface area (Å²) in [6, 6.07) is 12.1. The Morgan fingerprint density at radius 1 is 1.19 bits per heavy atom. The van der Waals surface area contributed by atoms with Crippen LogP contribution in [-0.4, -0.2) is 33.6 Å². The van der Waals surface area contributed by atoms with Crippen LogP contribution in [-0.2, 0) is 9.59 Å². The van der Waals surface area contributed by atoms with Gasteiger partial charge in [-0.25, -0.2) is 4.98 Å². The minimum atomic E-state index is -1.05. The predicted molar refractivity (Wildman–Crippen MR) is 114 cm³/mol. The Bertz CT molecular complexity index is 1350. The number of benzene rings is 2. The molecule has 0 radical (unpaired) electrons. The zero-order valence-corrected chi connectivity index (χ0v) is 16.6. The lowest BCUT2D eigenvalue weighted by molar-refractivity contribution is -0.138. The summed E-state index contributed by atoms with van der Waals surface area (Å²) in [7, 11) is 0. The molecule has 0 bridgehead atoms. The minimum absolute atomic E-state index is 0.126. The van der Waals surface area contributed by atoms with Crippen molar-refractivity contribution in [2.24, 2.45) is 0 Å². The van der Waals surface area contributed by atoms with E-state index in [9.17, 15) is 14.4 Å². The molecule has 4 aromatic rings. The van der Waals surface area contributed by atoms with Gasteiger partial charge in [0, 0.05) is 17.5 Å². The van der Waals surface area contributed by atoms with Gasteiger partial charge in [0.05, 0.1) is 18.6 Å². The molecule has 31 heavy (non-hydrogen) atoms. The summed E-state index contributed by atoms with van der Waals surface area (Å²) in [5.41, 5.74) is 1.57. The third-order valence-corrected chi connectivity index (χ3v) is 4.62. The van der Waals surface area contributed by atoms with Crippen LogP contribution in [0, 0.1) is 0 Å². The first kappa shape index (κ1) is 20.1. The van der Waals surface area contributed by atoms with Crippen LogP contribution in [0.15, 0.2) is 51.7 Å². The van der Waals surface area contributed by atoms with Crippen molar-refractivity contribution in [3.8, 4) is 17.1 Å². The Hall–Kier alpha value is -4.14. The normalized spacial score (nSPS) is 11.0. The van der Waals surface area contributed by atoms with Gasteiger partial charge in [0.1, 0.15) is 22.7 Å². The monoisotopic (exact) mass is 421 g/mol. The highest BCUT2D eigenvalue weighted by Gasteiger charge is 2.17. The van der Waals surface area contributed by atoms with Crippen molar-refractivity contribution in [2.45, 2.75) is 19.8 Å². The number of ether oxygens (including phenoxy) is 1. The number of aromatic nitrogens is 2. The van der Waals surface area contributed by atoms with Gasteiger partial charge in [0.25, 0.3) is 5.56 Å². The van der Waals surface area contributed by atoms with Gasteiger partial charge >= 0.3 is 5.97 Å². The van der Waals surface area contributed by atoms with E-state index in [0.717, 1.165) is 0 Å². The standard InChI is InChI=1S/C22H19N3O6/c1-2-30-15-8-7-12(23-17(26)9-10-18(27)28)11-14(15)21-24-19-13-5-3-4-6-16(13)31-20(19)22(29)25-21/h3-8,11H,2,9-10H2,1H3,(H,23,26)(H,27,28)(H,24,25,29). The molecule has 0 aliphatic rings. The number of carbonyl (C=O) groups is 2. The molecule has 9 nitrogen and oxygen atoms in total. The fourth-order valence-electron chi connectivity index (χ4n) is 3.25. The summed E-state index contributed by atoms with van der Waals surface area (Å²) >= 11 is 0. The van der Waals surface area contributed by atoms with Gasteiger partial charge in [-0.1, -0.05) is 12.1 Å². The van der Waals surface area contributed by atoms with Gasteiger partial charge in [0.15, 0.2) is 0 Å². The van der Waals surface area contributed by atoms with Crippen molar-refractivity contribution in [2.75, 3.05) is 11.9 Å². The van der Waals surface area contributed by atoms with E-state index < -0.39 is 17.4 Å². The highest BCUT2D eigenvalue weighted by atomic mass is 16.5. The van der Waals surface area contributed by atoms with Crippen molar-refractivity contribution >= 4 is 39.6 Å². The maximum atomic E-state index is 12.7. The number of para-hydroxylation sites is 1. The van der Waals surface area contributed by atoms with Crippen LogP contribution in [0.5, 0.6) is 5.75 Å². The number of carboxylic acids is 1. The number of carboxylic acid groups (broad SMARTS) is 1. The van der Waals surface area contributed by atoms with Crippen molar-refractivity contribution in [3.05, 3.63) is 52.8 Å². The molecule has 0 saturated carbocycles. The molecule has 2 aromatic carbocycles. The Kier molecular flexibility index (Phi) is 5.40. The molecule has 3 N–H and O–H groups in total. The number of nitrogens with one attached hydrogen (secondary N) is 2. The maximum Gasteiger partial charge on any atom is 0.303 e. The van der Waals surface area contributed by atoms with E-state index in [1.54, 1.807) is 24.3 Å². The molecule has 0 spiro atoms. The number of amides is 1. The molecule has 158 valence electrons.